The Morgan fingerprint density at radius 1 is 1.14 bits per heavy atom. The molecular weight excluding hydrogens is 351 g/mol. The number of benzene rings is 1. The first kappa shape index (κ1) is 18.4. The highest BCUT2D eigenvalue weighted by Crippen LogP contribution is 2.23. The summed E-state index contributed by atoms with van der Waals surface area (Å²) in [6.45, 7) is 2.20. The van der Waals surface area contributed by atoms with Gasteiger partial charge in [0.05, 0.1) is 5.69 Å². The van der Waals surface area contributed by atoms with E-state index in [1.807, 2.05) is 12.1 Å². The molecule has 1 atom stereocenters. The van der Waals surface area contributed by atoms with Gasteiger partial charge in [0.1, 0.15) is 11.5 Å². The molecule has 3 aromatic rings. The molecule has 0 saturated heterocycles. The van der Waals surface area contributed by atoms with Gasteiger partial charge in [-0.2, -0.15) is 0 Å². The Bertz CT molecular complexity index is 1120. The smallest absolute Gasteiger partial charge is 0.261 e. The second kappa shape index (κ2) is 7.98. The molecule has 0 N–H and O–H groups in total. The Morgan fingerprint density at radius 3 is 2.71 bits per heavy atom. The van der Waals surface area contributed by atoms with Crippen LogP contribution in [0.2, 0.25) is 0 Å². The van der Waals surface area contributed by atoms with Gasteiger partial charge >= 0.3 is 0 Å². The van der Waals surface area contributed by atoms with Crippen LogP contribution in [-0.4, -0.2) is 9.38 Å². The first-order chi connectivity index (χ1) is 13.6. The Balaban J connectivity index is 1.73. The van der Waals surface area contributed by atoms with E-state index in [1.165, 1.54) is 25.0 Å². The van der Waals surface area contributed by atoms with Gasteiger partial charge in [-0.3, -0.25) is 9.20 Å². The molecule has 0 saturated carbocycles. The lowest BCUT2D eigenvalue weighted by molar-refractivity contribution is 0.428. The molecule has 1 aliphatic carbocycles. The van der Waals surface area contributed by atoms with Crippen LogP contribution in [0.4, 0.5) is 4.39 Å². The van der Waals surface area contributed by atoms with E-state index in [0.717, 1.165) is 48.1 Å². The fourth-order valence-electron chi connectivity index (χ4n) is 3.85. The van der Waals surface area contributed by atoms with Crippen LogP contribution in [0.1, 0.15) is 55.0 Å². The molecule has 0 radical (unpaired) electrons. The average Bonchev–Trinajstić information content (AvgIpc) is 2.69. The number of rotatable bonds is 1. The van der Waals surface area contributed by atoms with E-state index in [1.54, 1.807) is 22.7 Å². The maximum absolute atomic E-state index is 13.1. The van der Waals surface area contributed by atoms with E-state index >= 15 is 0 Å². The standard InChI is InChI=1S/C24H23FN2O/c1-2-17-5-3-4-6-22-21(15-17)24(28)27-14-13-19(16-23(27)26-22)8-7-18-9-11-20(25)12-10-18/h9-14,16-17H,2-6,15H2,1H3. The number of halogens is 1. The van der Waals surface area contributed by atoms with Crippen molar-refractivity contribution in [2.75, 3.05) is 0 Å². The molecule has 4 rings (SSSR count). The zero-order chi connectivity index (χ0) is 19.5. The van der Waals surface area contributed by atoms with Gasteiger partial charge in [-0.25, -0.2) is 9.37 Å². The van der Waals surface area contributed by atoms with Crippen LogP contribution >= 0.6 is 0 Å². The van der Waals surface area contributed by atoms with Crippen molar-refractivity contribution in [2.45, 2.75) is 45.4 Å². The third kappa shape index (κ3) is 3.84. The molecule has 28 heavy (non-hydrogen) atoms. The zero-order valence-corrected chi connectivity index (χ0v) is 16.0. The van der Waals surface area contributed by atoms with Gasteiger partial charge in [-0.15, -0.1) is 0 Å². The summed E-state index contributed by atoms with van der Waals surface area (Å²) in [6, 6.07) is 9.78. The van der Waals surface area contributed by atoms with Gasteiger partial charge in [0.2, 0.25) is 0 Å². The summed E-state index contributed by atoms with van der Waals surface area (Å²) in [5.74, 6) is 6.40. The summed E-state index contributed by atoms with van der Waals surface area (Å²) in [4.78, 5) is 17.9. The highest BCUT2D eigenvalue weighted by atomic mass is 19.1. The summed E-state index contributed by atoms with van der Waals surface area (Å²) in [5.41, 5.74) is 4.06. The predicted molar refractivity (Wildman–Crippen MR) is 109 cm³/mol. The molecule has 0 aliphatic heterocycles. The number of hydrogen-bond donors (Lipinski definition) is 0. The monoisotopic (exact) mass is 374 g/mol. The predicted octanol–water partition coefficient (Wildman–Crippen LogP) is 4.53. The van der Waals surface area contributed by atoms with Gasteiger partial charge in [-0.1, -0.05) is 38.0 Å². The minimum absolute atomic E-state index is 0.0541. The molecule has 1 unspecified atom stereocenters. The van der Waals surface area contributed by atoms with Crippen LogP contribution in [0.5, 0.6) is 0 Å². The lowest BCUT2D eigenvalue weighted by Gasteiger charge is -2.20. The lowest BCUT2D eigenvalue weighted by Crippen LogP contribution is -2.25. The normalized spacial score (nSPS) is 16.6. The second-order valence-corrected chi connectivity index (χ2v) is 7.47. The van der Waals surface area contributed by atoms with Crippen molar-refractivity contribution in [1.29, 1.82) is 0 Å². The number of nitrogens with zero attached hydrogens (tertiary/aromatic N) is 2. The molecule has 142 valence electrons. The fourth-order valence-corrected chi connectivity index (χ4v) is 3.85. The number of hydrogen-bond acceptors (Lipinski definition) is 2. The molecule has 0 bridgehead atoms. The number of aryl methyl sites for hydroxylation is 1. The molecule has 2 heterocycles. The van der Waals surface area contributed by atoms with Crippen molar-refractivity contribution >= 4 is 5.65 Å². The van der Waals surface area contributed by atoms with Gasteiger partial charge in [0, 0.05) is 22.9 Å². The molecule has 2 aromatic heterocycles. The maximum Gasteiger partial charge on any atom is 0.261 e. The first-order valence-electron chi connectivity index (χ1n) is 9.96. The van der Waals surface area contributed by atoms with Crippen LogP contribution < -0.4 is 5.56 Å². The minimum Gasteiger partial charge on any atom is -0.269 e. The minimum atomic E-state index is -0.276. The topological polar surface area (TPSA) is 34.4 Å². The number of pyridine rings is 1. The third-order valence-electron chi connectivity index (χ3n) is 5.55. The molecule has 3 nitrogen and oxygen atoms in total. The summed E-state index contributed by atoms with van der Waals surface area (Å²) in [7, 11) is 0. The molecular formula is C24H23FN2O. The summed E-state index contributed by atoms with van der Waals surface area (Å²) in [5, 5.41) is 0. The molecule has 1 aromatic carbocycles. The van der Waals surface area contributed by atoms with Gasteiger partial charge in [0.15, 0.2) is 0 Å². The van der Waals surface area contributed by atoms with Gasteiger partial charge in [-0.05, 0) is 61.6 Å². The first-order valence-corrected chi connectivity index (χ1v) is 9.96. The Kier molecular flexibility index (Phi) is 5.25. The Labute approximate surface area is 164 Å². The SMILES string of the molecule is CCC1CCCCc2nc3cc(C#Cc4ccc(F)cc4)ccn3c(=O)c2C1. The Morgan fingerprint density at radius 2 is 1.93 bits per heavy atom. The summed E-state index contributed by atoms with van der Waals surface area (Å²) >= 11 is 0. The van der Waals surface area contributed by atoms with Crippen molar-refractivity contribution in [3.63, 3.8) is 0 Å². The van der Waals surface area contributed by atoms with Crippen molar-refractivity contribution < 1.29 is 4.39 Å². The molecule has 4 heteroatoms. The largest absolute Gasteiger partial charge is 0.269 e. The van der Waals surface area contributed by atoms with E-state index in [4.69, 9.17) is 4.98 Å². The number of aromatic nitrogens is 2. The van der Waals surface area contributed by atoms with Crippen LogP contribution in [0.15, 0.2) is 47.4 Å². The summed E-state index contributed by atoms with van der Waals surface area (Å²) < 4.78 is 14.6. The van der Waals surface area contributed by atoms with Crippen LogP contribution in [0.25, 0.3) is 5.65 Å². The highest BCUT2D eigenvalue weighted by molar-refractivity contribution is 5.50. The maximum atomic E-state index is 13.1. The van der Waals surface area contributed by atoms with Crippen molar-refractivity contribution in [3.8, 4) is 11.8 Å². The van der Waals surface area contributed by atoms with E-state index in [-0.39, 0.29) is 11.4 Å². The zero-order valence-electron chi connectivity index (χ0n) is 16.0. The van der Waals surface area contributed by atoms with Gasteiger partial charge < -0.3 is 0 Å². The third-order valence-corrected chi connectivity index (χ3v) is 5.55. The number of fused-ring (bicyclic) bond motifs is 2. The molecule has 1 aliphatic rings. The van der Waals surface area contributed by atoms with Crippen molar-refractivity contribution in [3.05, 3.63) is 81.2 Å². The lowest BCUT2D eigenvalue weighted by atomic mass is 9.88. The van der Waals surface area contributed by atoms with E-state index in [2.05, 4.69) is 18.8 Å². The highest BCUT2D eigenvalue weighted by Gasteiger charge is 2.19. The van der Waals surface area contributed by atoms with Crippen LogP contribution in [-0.2, 0) is 12.8 Å². The van der Waals surface area contributed by atoms with E-state index in [9.17, 15) is 9.18 Å². The van der Waals surface area contributed by atoms with Gasteiger partial charge in [0.25, 0.3) is 5.56 Å². The molecule has 0 spiro atoms. The van der Waals surface area contributed by atoms with Crippen molar-refractivity contribution in [2.24, 2.45) is 5.92 Å². The average molecular weight is 374 g/mol. The second-order valence-electron chi connectivity index (χ2n) is 7.47. The van der Waals surface area contributed by atoms with Crippen LogP contribution in [0, 0.1) is 23.6 Å². The Hall–Kier alpha value is -2.93. The van der Waals surface area contributed by atoms with Crippen molar-refractivity contribution in [1.82, 2.24) is 9.38 Å². The quantitative estimate of drug-likeness (QED) is 0.587. The fraction of sp³-hybridized carbons (Fsp3) is 0.333. The van der Waals surface area contributed by atoms with Crippen LogP contribution in [0.3, 0.4) is 0 Å². The van der Waals surface area contributed by atoms with E-state index < -0.39 is 0 Å². The molecule has 0 fully saturated rings. The van der Waals surface area contributed by atoms with E-state index in [0.29, 0.717) is 11.6 Å². The molecule has 0 amide bonds. The summed E-state index contributed by atoms with van der Waals surface area (Å²) in [6.07, 6.45) is 8.02.